The van der Waals surface area contributed by atoms with Crippen LogP contribution < -0.4 is 10.6 Å². The van der Waals surface area contributed by atoms with Crippen LogP contribution in [0.2, 0.25) is 0 Å². The number of carboxylic acids is 1. The van der Waals surface area contributed by atoms with Crippen molar-refractivity contribution in [1.82, 2.24) is 10.6 Å². The number of hydrogen-bond acceptors (Lipinski definition) is 4. The van der Waals surface area contributed by atoms with Crippen molar-refractivity contribution >= 4 is 29.3 Å². The number of fused-ring (bicyclic) bond motifs is 7. The number of nitrogens with one attached hydrogen (secondary N) is 2. The topological polar surface area (TPSA) is 113 Å². The number of carboxylic acid groups (broad SMARTS) is 1. The molecule has 1 heterocycles. The molecular weight excluding hydrogens is 588 g/mol. The van der Waals surface area contributed by atoms with Crippen LogP contribution in [0.4, 0.5) is 0 Å². The fraction of sp³-hybridized carbons (Fsp3) is 0.700. The lowest BCUT2D eigenvalue weighted by atomic mass is 9.32. The molecule has 1 saturated heterocycles. The molecule has 0 bridgehead atoms. The molecule has 0 radical (unpaired) electrons. The quantitative estimate of drug-likeness (QED) is 0.290. The maximum absolute atomic E-state index is 13.2. The van der Waals surface area contributed by atoms with E-state index < -0.39 is 11.9 Å². The molecule has 7 rings (SSSR count). The third-order valence-electron chi connectivity index (χ3n) is 15.7. The molecule has 0 spiro atoms. The van der Waals surface area contributed by atoms with Crippen LogP contribution in [0.1, 0.15) is 128 Å². The van der Waals surface area contributed by atoms with Crippen molar-refractivity contribution in [2.75, 3.05) is 6.54 Å². The molecule has 8 atom stereocenters. The summed E-state index contributed by atoms with van der Waals surface area (Å²) in [4.78, 5) is 48.6. The molecule has 5 aliphatic carbocycles. The molecule has 4 saturated carbocycles. The Morgan fingerprint density at radius 2 is 1.53 bits per heavy atom. The number of hydrogen-bond donors (Lipinski definition) is 3. The molecule has 254 valence electrons. The van der Waals surface area contributed by atoms with Crippen molar-refractivity contribution in [3.8, 4) is 0 Å². The van der Waals surface area contributed by atoms with E-state index in [0.29, 0.717) is 35.8 Å². The van der Waals surface area contributed by atoms with Crippen LogP contribution in [0.15, 0.2) is 30.3 Å². The summed E-state index contributed by atoms with van der Waals surface area (Å²) in [6.07, 6.45) is 14.7. The molecule has 0 aromatic heterocycles. The van der Waals surface area contributed by atoms with Gasteiger partial charge in [0, 0.05) is 19.4 Å². The van der Waals surface area contributed by atoms with E-state index in [1.807, 2.05) is 12.1 Å². The van der Waals surface area contributed by atoms with Crippen LogP contribution in [0.5, 0.6) is 0 Å². The van der Waals surface area contributed by atoms with Gasteiger partial charge in [0.15, 0.2) is 0 Å². The average Bonchev–Trinajstić information content (AvgIpc) is 3.44. The van der Waals surface area contributed by atoms with Crippen LogP contribution >= 0.6 is 0 Å². The Labute approximate surface area is 280 Å². The van der Waals surface area contributed by atoms with Gasteiger partial charge in [0.2, 0.25) is 17.7 Å². The minimum Gasteiger partial charge on any atom is -0.478 e. The highest BCUT2D eigenvalue weighted by Crippen LogP contribution is 2.77. The Morgan fingerprint density at radius 1 is 0.830 bits per heavy atom. The molecule has 47 heavy (non-hydrogen) atoms. The van der Waals surface area contributed by atoms with E-state index in [2.05, 4.69) is 51.3 Å². The van der Waals surface area contributed by atoms with E-state index in [4.69, 9.17) is 0 Å². The summed E-state index contributed by atoms with van der Waals surface area (Å²) in [6, 6.07) is 7.50. The van der Waals surface area contributed by atoms with Crippen LogP contribution in [-0.2, 0) is 14.4 Å². The number of imide groups is 1. The van der Waals surface area contributed by atoms with Gasteiger partial charge in [-0.05, 0) is 132 Å². The third-order valence-corrected chi connectivity index (χ3v) is 15.7. The van der Waals surface area contributed by atoms with Gasteiger partial charge >= 0.3 is 5.97 Å². The van der Waals surface area contributed by atoms with Crippen LogP contribution in [0.25, 0.3) is 5.57 Å². The van der Waals surface area contributed by atoms with Gasteiger partial charge in [-0.15, -0.1) is 0 Å². The van der Waals surface area contributed by atoms with E-state index in [0.717, 1.165) is 24.8 Å². The number of allylic oxidation sites excluding steroid dienone is 2. The highest BCUT2D eigenvalue weighted by Gasteiger charge is 2.69. The van der Waals surface area contributed by atoms with E-state index in [9.17, 15) is 24.3 Å². The lowest BCUT2D eigenvalue weighted by Gasteiger charge is -2.72. The molecule has 3 N–H and O–H groups in total. The molecule has 1 aromatic carbocycles. The fourth-order valence-electron chi connectivity index (χ4n) is 13.3. The average molecular weight is 643 g/mol. The van der Waals surface area contributed by atoms with E-state index >= 15 is 0 Å². The SMILES string of the molecule is CC1(C)C(c2ccc(C(=O)O)cc2)=CC[C@@]2(C)C1CC[C@]1(C)C2CC[C@@H]2C3CCC[C@]3(CNC(=O)C3CC(=O)NC(=O)C3)CC[C@]21C. The number of rotatable bonds is 5. The molecular formula is C40H54N2O5. The molecule has 7 heteroatoms. The summed E-state index contributed by atoms with van der Waals surface area (Å²) in [7, 11) is 0. The summed E-state index contributed by atoms with van der Waals surface area (Å²) < 4.78 is 0. The Bertz CT molecular complexity index is 1510. The fourth-order valence-corrected chi connectivity index (χ4v) is 13.3. The molecule has 3 amide bonds. The van der Waals surface area contributed by atoms with Gasteiger partial charge in [-0.25, -0.2) is 4.79 Å². The predicted molar refractivity (Wildman–Crippen MR) is 181 cm³/mol. The molecule has 6 aliphatic rings. The summed E-state index contributed by atoms with van der Waals surface area (Å²) in [6.45, 7) is 13.4. The Morgan fingerprint density at radius 3 is 2.21 bits per heavy atom. The second kappa shape index (κ2) is 11.0. The first-order chi connectivity index (χ1) is 22.1. The van der Waals surface area contributed by atoms with Crippen LogP contribution in [-0.4, -0.2) is 35.3 Å². The maximum Gasteiger partial charge on any atom is 0.335 e. The first kappa shape index (κ1) is 32.6. The number of benzene rings is 1. The van der Waals surface area contributed by atoms with E-state index in [1.54, 1.807) is 12.1 Å². The van der Waals surface area contributed by atoms with Crippen molar-refractivity contribution in [2.24, 2.45) is 56.7 Å². The summed E-state index contributed by atoms with van der Waals surface area (Å²) in [5.41, 5.74) is 3.67. The van der Waals surface area contributed by atoms with E-state index in [-0.39, 0.29) is 57.6 Å². The van der Waals surface area contributed by atoms with Gasteiger partial charge in [0.25, 0.3) is 0 Å². The Hall–Kier alpha value is -2.96. The zero-order valence-electron chi connectivity index (χ0n) is 29.0. The summed E-state index contributed by atoms with van der Waals surface area (Å²) in [5, 5.41) is 15.0. The lowest BCUT2D eigenvalue weighted by molar-refractivity contribution is -0.222. The predicted octanol–water partition coefficient (Wildman–Crippen LogP) is 7.40. The first-order valence-corrected chi connectivity index (χ1v) is 18.3. The minimum atomic E-state index is -0.883. The summed E-state index contributed by atoms with van der Waals surface area (Å²) in [5.74, 6) is 0.199. The van der Waals surface area contributed by atoms with Crippen molar-refractivity contribution in [3.05, 3.63) is 41.5 Å². The van der Waals surface area contributed by atoms with Gasteiger partial charge < -0.3 is 10.4 Å². The molecule has 1 aliphatic heterocycles. The summed E-state index contributed by atoms with van der Waals surface area (Å²) >= 11 is 0. The molecule has 7 nitrogen and oxygen atoms in total. The smallest absolute Gasteiger partial charge is 0.335 e. The van der Waals surface area contributed by atoms with Crippen LogP contribution in [0, 0.1) is 56.7 Å². The largest absolute Gasteiger partial charge is 0.478 e. The highest BCUT2D eigenvalue weighted by molar-refractivity contribution is 6.02. The number of carbonyl (C=O) groups excluding carboxylic acids is 3. The van der Waals surface area contributed by atoms with Gasteiger partial charge in [-0.2, -0.15) is 0 Å². The Balaban J connectivity index is 1.12. The molecule has 5 fully saturated rings. The monoisotopic (exact) mass is 642 g/mol. The number of carbonyl (C=O) groups is 4. The number of piperidine rings is 1. The van der Waals surface area contributed by atoms with Crippen molar-refractivity contribution < 1.29 is 24.3 Å². The van der Waals surface area contributed by atoms with Crippen molar-refractivity contribution in [3.63, 3.8) is 0 Å². The van der Waals surface area contributed by atoms with Crippen molar-refractivity contribution in [1.29, 1.82) is 0 Å². The first-order valence-electron chi connectivity index (χ1n) is 18.3. The number of amides is 3. The highest BCUT2D eigenvalue weighted by atomic mass is 16.4. The maximum atomic E-state index is 13.2. The van der Waals surface area contributed by atoms with Gasteiger partial charge in [0.05, 0.1) is 11.5 Å². The van der Waals surface area contributed by atoms with Gasteiger partial charge in [-0.1, -0.05) is 59.2 Å². The molecule has 3 unspecified atom stereocenters. The Kier molecular flexibility index (Phi) is 7.65. The van der Waals surface area contributed by atoms with Gasteiger partial charge in [0.1, 0.15) is 0 Å². The third kappa shape index (κ3) is 4.79. The van der Waals surface area contributed by atoms with Crippen molar-refractivity contribution in [2.45, 2.75) is 112 Å². The standard InChI is InChI=1S/C40H54N2O5/c1-36(2)27(24-8-10-25(11-9-24)35(46)47)14-17-37(3)30(36)15-18-39(5)31(37)13-12-28-29-7-6-16-40(29,20-19-38(28,39)4)23-41-34(45)26-21-32(43)42-33(44)22-26/h8-11,14,26,28-31H,6-7,12-13,15-23H2,1-5H3,(H,41,45)(H,46,47)(H,42,43,44)/t28-,29?,30?,31?,37+,38-,39-,40-/m1/s1. The minimum absolute atomic E-state index is 0.00811. The van der Waals surface area contributed by atoms with Crippen LogP contribution in [0.3, 0.4) is 0 Å². The zero-order chi connectivity index (χ0) is 33.6. The van der Waals surface area contributed by atoms with E-state index in [1.165, 1.54) is 50.5 Å². The lowest BCUT2D eigenvalue weighted by Crippen LogP contribution is -2.65. The second-order valence-corrected chi connectivity index (χ2v) is 17.7. The molecule has 1 aromatic rings. The zero-order valence-corrected chi connectivity index (χ0v) is 29.0. The second-order valence-electron chi connectivity index (χ2n) is 17.7. The van der Waals surface area contributed by atoms with Gasteiger partial charge in [-0.3, -0.25) is 19.7 Å². The number of aromatic carboxylic acids is 1. The normalized spacial score (nSPS) is 41.0.